The van der Waals surface area contributed by atoms with E-state index in [4.69, 9.17) is 13.1 Å². The molecule has 3 aromatic rings. The fourth-order valence-electron chi connectivity index (χ4n) is 5.74. The van der Waals surface area contributed by atoms with Crippen LogP contribution in [-0.2, 0) is 12.8 Å². The van der Waals surface area contributed by atoms with E-state index in [1.807, 2.05) is 32.1 Å². The summed E-state index contributed by atoms with van der Waals surface area (Å²) in [5.41, 5.74) is 3.06. The number of nitrogens with zero attached hydrogens (tertiary/aromatic N) is 4. The maximum Gasteiger partial charge on any atom is 0.573 e. The summed E-state index contributed by atoms with van der Waals surface area (Å²) in [5, 5.41) is 20.0. The number of rotatable bonds is 2. The molecule has 0 saturated heterocycles. The lowest BCUT2D eigenvalue weighted by Gasteiger charge is -2.18. The van der Waals surface area contributed by atoms with Crippen LogP contribution in [0.25, 0.3) is 43.3 Å². The van der Waals surface area contributed by atoms with E-state index in [-0.39, 0.29) is 39.1 Å². The lowest BCUT2D eigenvalue weighted by atomic mass is 9.90. The van der Waals surface area contributed by atoms with Gasteiger partial charge in [-0.2, -0.15) is 0 Å². The molecule has 0 aromatic heterocycles. The predicted octanol–water partition coefficient (Wildman–Crippen LogP) is 6.35. The second-order valence-corrected chi connectivity index (χ2v) is 9.50. The summed E-state index contributed by atoms with van der Waals surface area (Å²) in [5.74, 6) is -2.50. The second-order valence-electron chi connectivity index (χ2n) is 9.50. The minimum atomic E-state index is -5.41. The van der Waals surface area contributed by atoms with E-state index in [0.717, 1.165) is 22.8 Å². The highest BCUT2D eigenvalue weighted by Crippen LogP contribution is 2.48. The van der Waals surface area contributed by atoms with Crippen LogP contribution in [0.3, 0.4) is 0 Å². The van der Waals surface area contributed by atoms with Gasteiger partial charge in [-0.15, -0.1) is 26.3 Å². The summed E-state index contributed by atoms with van der Waals surface area (Å²) < 4.78 is 87.8. The molecule has 0 atom stereocenters. The Bertz CT molecular complexity index is 2000. The van der Waals surface area contributed by atoms with Gasteiger partial charge in [-0.05, 0) is 81.6 Å². The monoisotopic (exact) mass is 576 g/mol. The number of nitriles is 2. The molecule has 0 spiro atoms. The van der Waals surface area contributed by atoms with E-state index in [1.165, 1.54) is 0 Å². The van der Waals surface area contributed by atoms with Crippen molar-refractivity contribution < 1.29 is 35.8 Å². The highest BCUT2D eigenvalue weighted by molar-refractivity contribution is 5.94. The Balaban J connectivity index is 2.03. The molecule has 2 aliphatic carbocycles. The highest BCUT2D eigenvalue weighted by atomic mass is 19.4. The van der Waals surface area contributed by atoms with E-state index in [1.54, 1.807) is 6.07 Å². The van der Waals surface area contributed by atoms with Crippen LogP contribution >= 0.6 is 0 Å². The maximum atomic E-state index is 13.5. The van der Waals surface area contributed by atoms with Gasteiger partial charge in [0.25, 0.3) is 11.4 Å². The number of halogens is 6. The lowest BCUT2D eigenvalue weighted by molar-refractivity contribution is -0.287. The first-order valence-corrected chi connectivity index (χ1v) is 12.0. The average Bonchev–Trinajstić information content (AvgIpc) is 3.48. The zero-order chi connectivity index (χ0) is 30.7. The highest BCUT2D eigenvalue weighted by Gasteiger charge is 2.41. The standard InChI is InChI=1S/C30H14F6N4O2/c1-13-5-6-15-17(14(13)2)9-19-24(21(11-37)39-3)20-10-18-16(26(20)27(25(15)19)22(12-38)40-4)7-8-23(41-29(31,32)33)28(18)42-30(34,35)36/h5-8H,9-10H2,1-2H3/b24-21+,27-22+. The predicted molar refractivity (Wildman–Crippen MR) is 136 cm³/mol. The first kappa shape index (κ1) is 28.1. The SMILES string of the molecule is [C-]#[N+]/C(C#N)=c1\c2c(/c(=C(/C#N)[N+]#[C-])c3c1Cc1c-3ccc(OC(F)(F)F)c1OC(F)(F)F)-c1ccc(C)c(C)c1C2. The molecule has 12 heteroatoms. The van der Waals surface area contributed by atoms with Crippen molar-refractivity contribution in [3.63, 3.8) is 0 Å². The fraction of sp³-hybridized carbons (Fsp3) is 0.200. The van der Waals surface area contributed by atoms with Crippen LogP contribution in [-0.4, -0.2) is 12.7 Å². The van der Waals surface area contributed by atoms with Crippen LogP contribution in [0.15, 0.2) is 24.3 Å². The second kappa shape index (κ2) is 9.58. The Kier molecular flexibility index (Phi) is 6.40. The van der Waals surface area contributed by atoms with Gasteiger partial charge in [-0.3, -0.25) is 0 Å². The molecule has 0 fully saturated rings. The van der Waals surface area contributed by atoms with Crippen molar-refractivity contribution in [2.75, 3.05) is 0 Å². The number of alkyl halides is 6. The Hall–Kier alpha value is -5.46. The summed E-state index contributed by atoms with van der Waals surface area (Å²) >= 11 is 0. The smallest absolute Gasteiger partial charge is 0.402 e. The van der Waals surface area contributed by atoms with Crippen LogP contribution < -0.4 is 19.9 Å². The minimum Gasteiger partial charge on any atom is -0.402 e. The van der Waals surface area contributed by atoms with Crippen molar-refractivity contribution in [2.45, 2.75) is 39.4 Å². The number of ether oxygens (including phenoxy) is 2. The number of fused-ring (bicyclic) bond motifs is 6. The molecule has 0 amide bonds. The number of benzene rings is 3. The van der Waals surface area contributed by atoms with Crippen LogP contribution in [0, 0.1) is 49.7 Å². The van der Waals surface area contributed by atoms with Gasteiger partial charge in [-0.25, -0.2) is 20.2 Å². The summed E-state index contributed by atoms with van der Waals surface area (Å²) in [4.78, 5) is 6.72. The molecule has 0 radical (unpaired) electrons. The summed E-state index contributed by atoms with van der Waals surface area (Å²) in [6.45, 7) is 19.1. The van der Waals surface area contributed by atoms with Gasteiger partial charge in [-0.1, -0.05) is 18.2 Å². The fourth-order valence-corrected chi connectivity index (χ4v) is 5.74. The van der Waals surface area contributed by atoms with Crippen LogP contribution in [0.5, 0.6) is 11.5 Å². The molecule has 6 nitrogen and oxygen atoms in total. The van der Waals surface area contributed by atoms with Crippen molar-refractivity contribution in [3.8, 4) is 45.9 Å². The van der Waals surface area contributed by atoms with Crippen LogP contribution in [0.1, 0.15) is 33.4 Å². The van der Waals surface area contributed by atoms with Crippen LogP contribution in [0.2, 0.25) is 0 Å². The Labute approximate surface area is 234 Å². The Morgan fingerprint density at radius 2 is 1.24 bits per heavy atom. The molecule has 42 heavy (non-hydrogen) atoms. The molecular formula is C30H14F6N4O2. The average molecular weight is 576 g/mol. The van der Waals surface area contributed by atoms with Gasteiger partial charge in [0.05, 0.1) is 25.3 Å². The molecule has 0 heterocycles. The van der Waals surface area contributed by atoms with Gasteiger partial charge >= 0.3 is 12.7 Å². The number of hydrogen-bond acceptors (Lipinski definition) is 4. The normalized spacial score (nSPS) is 14.2. The zero-order valence-electron chi connectivity index (χ0n) is 21.6. The number of aryl methyl sites for hydroxylation is 1. The van der Waals surface area contributed by atoms with Gasteiger partial charge < -0.3 is 9.47 Å². The summed E-state index contributed by atoms with van der Waals surface area (Å²) in [7, 11) is 0. The Morgan fingerprint density at radius 1 is 0.738 bits per heavy atom. The molecule has 2 aliphatic rings. The van der Waals surface area contributed by atoms with E-state index in [0.29, 0.717) is 22.8 Å². The van der Waals surface area contributed by atoms with Crippen molar-refractivity contribution >= 4 is 11.4 Å². The molecular weight excluding hydrogens is 562 g/mol. The van der Waals surface area contributed by atoms with Crippen molar-refractivity contribution in [1.82, 2.24) is 0 Å². The molecule has 0 unspecified atom stereocenters. The van der Waals surface area contributed by atoms with Crippen molar-refractivity contribution in [2.24, 2.45) is 0 Å². The van der Waals surface area contributed by atoms with Gasteiger partial charge in [0.1, 0.15) is 0 Å². The third-order valence-electron chi connectivity index (χ3n) is 7.40. The summed E-state index contributed by atoms with van der Waals surface area (Å²) in [6.07, 6.45) is -11.1. The van der Waals surface area contributed by atoms with E-state index >= 15 is 0 Å². The first-order valence-electron chi connectivity index (χ1n) is 12.0. The largest absolute Gasteiger partial charge is 0.573 e. The minimum absolute atomic E-state index is 0.0474. The van der Waals surface area contributed by atoms with Gasteiger partial charge in [0.15, 0.2) is 11.5 Å². The topological polar surface area (TPSA) is 74.8 Å². The first-order chi connectivity index (χ1) is 19.7. The third kappa shape index (κ3) is 4.35. The third-order valence-corrected chi connectivity index (χ3v) is 7.40. The van der Waals surface area contributed by atoms with Gasteiger partial charge in [0.2, 0.25) is 0 Å². The summed E-state index contributed by atoms with van der Waals surface area (Å²) in [6, 6.07) is 8.99. The molecule has 5 rings (SSSR count). The zero-order valence-corrected chi connectivity index (χ0v) is 21.6. The lowest BCUT2D eigenvalue weighted by Crippen LogP contribution is -2.25. The van der Waals surface area contributed by atoms with Crippen LogP contribution in [0.4, 0.5) is 26.3 Å². The molecule has 0 aliphatic heterocycles. The Morgan fingerprint density at radius 3 is 1.76 bits per heavy atom. The molecule has 208 valence electrons. The maximum absolute atomic E-state index is 13.5. The van der Waals surface area contributed by atoms with Crippen molar-refractivity contribution in [3.05, 3.63) is 90.9 Å². The van der Waals surface area contributed by atoms with Crippen molar-refractivity contribution in [1.29, 1.82) is 10.5 Å². The molecule has 0 saturated carbocycles. The number of hydrogen-bond donors (Lipinski definition) is 0. The molecule has 0 N–H and O–H groups in total. The molecule has 3 aromatic carbocycles. The quantitative estimate of drug-likeness (QED) is 0.182. The van der Waals surface area contributed by atoms with E-state index in [2.05, 4.69) is 19.2 Å². The van der Waals surface area contributed by atoms with E-state index in [9.17, 15) is 36.9 Å². The molecule has 0 bridgehead atoms. The van der Waals surface area contributed by atoms with Gasteiger partial charge in [0, 0.05) is 17.2 Å². The van der Waals surface area contributed by atoms with E-state index < -0.39 is 42.0 Å².